The first-order chi connectivity index (χ1) is 14.3. The van der Waals surface area contributed by atoms with E-state index in [9.17, 15) is 14.3 Å². The minimum atomic E-state index is -0.976. The molecule has 160 valence electrons. The summed E-state index contributed by atoms with van der Waals surface area (Å²) in [4.78, 5) is 15.6. The second kappa shape index (κ2) is 7.79. The number of aromatic hydroxyl groups is 1. The minimum absolute atomic E-state index is 0.0674. The van der Waals surface area contributed by atoms with E-state index in [1.165, 1.54) is 7.05 Å². The fourth-order valence-electron chi connectivity index (χ4n) is 4.65. The fraction of sp³-hybridized carbons (Fsp3) is 0.476. The van der Waals surface area contributed by atoms with Gasteiger partial charge in [0.05, 0.1) is 17.3 Å². The lowest BCUT2D eigenvalue weighted by Gasteiger charge is -2.43. The van der Waals surface area contributed by atoms with Crippen LogP contribution in [0.1, 0.15) is 29.6 Å². The number of nitrogens with zero attached hydrogens (tertiary/aromatic N) is 4. The van der Waals surface area contributed by atoms with Crippen LogP contribution in [0, 0.1) is 5.82 Å². The van der Waals surface area contributed by atoms with Crippen LogP contribution < -0.4 is 10.2 Å². The van der Waals surface area contributed by atoms with Gasteiger partial charge in [-0.25, -0.2) is 8.78 Å². The molecule has 2 aromatic rings. The number of fused-ring (bicyclic) bond motifs is 2. The van der Waals surface area contributed by atoms with Crippen LogP contribution in [0.3, 0.4) is 0 Å². The predicted molar refractivity (Wildman–Crippen MR) is 109 cm³/mol. The topological polar surface area (TPSA) is 81.6 Å². The summed E-state index contributed by atoms with van der Waals surface area (Å²) in [6, 6.07) is 5.43. The maximum Gasteiger partial charge on any atom is 0.254 e. The molecule has 7 nitrogen and oxygen atoms in total. The van der Waals surface area contributed by atoms with Crippen molar-refractivity contribution in [3.8, 4) is 17.0 Å². The lowest BCUT2D eigenvalue weighted by molar-refractivity contribution is 0.0701. The number of rotatable bonds is 4. The average Bonchev–Trinajstić information content (AvgIpc) is 3.01. The first kappa shape index (κ1) is 20.5. The Morgan fingerprint density at radius 2 is 2.07 bits per heavy atom. The molecule has 0 radical (unpaired) electrons. The van der Waals surface area contributed by atoms with Crippen molar-refractivity contribution in [1.29, 1.82) is 0 Å². The van der Waals surface area contributed by atoms with Crippen LogP contribution in [-0.2, 0) is 0 Å². The zero-order chi connectivity index (χ0) is 21.6. The molecule has 2 unspecified atom stereocenters. The molecule has 1 amide bonds. The summed E-state index contributed by atoms with van der Waals surface area (Å²) >= 11 is 0. The van der Waals surface area contributed by atoms with Crippen LogP contribution in [0.2, 0.25) is 0 Å². The number of halogens is 2. The van der Waals surface area contributed by atoms with Gasteiger partial charge in [-0.2, -0.15) is 0 Å². The van der Waals surface area contributed by atoms with E-state index in [0.29, 0.717) is 11.9 Å². The summed E-state index contributed by atoms with van der Waals surface area (Å²) < 4.78 is 29.3. The summed E-state index contributed by atoms with van der Waals surface area (Å²) in [6.07, 6.45) is 1.62. The molecule has 4 atom stereocenters. The first-order valence-corrected chi connectivity index (χ1v) is 9.99. The van der Waals surface area contributed by atoms with Crippen LogP contribution >= 0.6 is 0 Å². The van der Waals surface area contributed by atoms with E-state index in [2.05, 4.69) is 20.4 Å². The molecule has 2 saturated heterocycles. The van der Waals surface area contributed by atoms with Crippen molar-refractivity contribution in [1.82, 2.24) is 20.4 Å². The summed E-state index contributed by atoms with van der Waals surface area (Å²) in [5.41, 5.74) is 0.128. The standard InChI is InChI=1S/C21H25F2N5O2/c1-24-21(30)12-10-18(29)13(9-14(12)22)15-5-7-19(26-25-15)28(3)17-8-11-4-6-16(20(17)23)27(11)2/h5,7,9-11,16-17,20,29H,4,6,8H2,1-3H3,(H,24,30)/t11?,16?,17-,20+/m1/s1. The fourth-order valence-corrected chi connectivity index (χ4v) is 4.65. The molecular weight excluding hydrogens is 392 g/mol. The van der Waals surface area contributed by atoms with Gasteiger partial charge in [0.2, 0.25) is 0 Å². The van der Waals surface area contributed by atoms with Crippen molar-refractivity contribution in [3.05, 3.63) is 35.6 Å². The Balaban J connectivity index is 1.56. The quantitative estimate of drug-likeness (QED) is 0.795. The van der Waals surface area contributed by atoms with Gasteiger partial charge in [-0.3, -0.25) is 9.69 Å². The Labute approximate surface area is 173 Å². The highest BCUT2D eigenvalue weighted by Crippen LogP contribution is 2.39. The molecule has 2 aliphatic rings. The molecule has 9 heteroatoms. The molecule has 2 fully saturated rings. The molecule has 2 aliphatic heterocycles. The molecule has 0 saturated carbocycles. The Bertz CT molecular complexity index is 955. The number of benzene rings is 1. The third-order valence-corrected chi connectivity index (χ3v) is 6.49. The van der Waals surface area contributed by atoms with E-state index < -0.39 is 17.9 Å². The number of piperidine rings is 1. The molecular formula is C21H25F2N5O2. The van der Waals surface area contributed by atoms with Gasteiger partial charge < -0.3 is 15.3 Å². The van der Waals surface area contributed by atoms with E-state index in [0.717, 1.165) is 31.4 Å². The number of anilines is 1. The van der Waals surface area contributed by atoms with E-state index >= 15 is 4.39 Å². The van der Waals surface area contributed by atoms with Crippen molar-refractivity contribution >= 4 is 11.7 Å². The lowest BCUT2D eigenvalue weighted by Crippen LogP contribution is -2.56. The van der Waals surface area contributed by atoms with Crippen molar-refractivity contribution in [2.45, 2.75) is 43.6 Å². The van der Waals surface area contributed by atoms with Crippen LogP contribution in [0.4, 0.5) is 14.6 Å². The highest BCUT2D eigenvalue weighted by molar-refractivity contribution is 5.95. The third kappa shape index (κ3) is 3.36. The largest absolute Gasteiger partial charge is 0.507 e. The number of alkyl halides is 1. The lowest BCUT2D eigenvalue weighted by atomic mass is 9.95. The number of aromatic nitrogens is 2. The summed E-state index contributed by atoms with van der Waals surface area (Å²) in [7, 11) is 5.17. The molecule has 3 heterocycles. The Morgan fingerprint density at radius 1 is 1.30 bits per heavy atom. The van der Waals surface area contributed by atoms with Crippen LogP contribution in [0.25, 0.3) is 11.3 Å². The highest BCUT2D eigenvalue weighted by atomic mass is 19.1. The maximum absolute atomic E-state index is 15.1. The number of nitrogens with one attached hydrogen (secondary N) is 1. The molecule has 30 heavy (non-hydrogen) atoms. The van der Waals surface area contributed by atoms with Crippen molar-refractivity contribution in [2.24, 2.45) is 0 Å². The SMILES string of the molecule is CNC(=O)c1cc(O)c(-c2ccc(N(C)[C@@H]3CC4CCC([C@@H]3F)N4C)nn2)cc1F. The summed E-state index contributed by atoms with van der Waals surface area (Å²) in [6.45, 7) is 0. The molecule has 1 aromatic carbocycles. The Kier molecular flexibility index (Phi) is 5.31. The average molecular weight is 417 g/mol. The second-order valence-corrected chi connectivity index (χ2v) is 8.03. The monoisotopic (exact) mass is 417 g/mol. The van der Waals surface area contributed by atoms with E-state index in [-0.39, 0.29) is 34.7 Å². The number of hydrogen-bond acceptors (Lipinski definition) is 6. The van der Waals surface area contributed by atoms with Crippen LogP contribution in [0.5, 0.6) is 5.75 Å². The van der Waals surface area contributed by atoms with Gasteiger partial charge in [-0.05, 0) is 50.6 Å². The molecule has 2 bridgehead atoms. The molecule has 4 rings (SSSR count). The van der Waals surface area contributed by atoms with Crippen LogP contribution in [-0.4, -0.2) is 71.6 Å². The normalized spacial score (nSPS) is 25.9. The van der Waals surface area contributed by atoms with Gasteiger partial charge in [-0.15, -0.1) is 10.2 Å². The predicted octanol–water partition coefficient (Wildman–Crippen LogP) is 2.36. The first-order valence-electron chi connectivity index (χ1n) is 9.99. The maximum atomic E-state index is 15.1. The second-order valence-electron chi connectivity index (χ2n) is 8.03. The zero-order valence-corrected chi connectivity index (χ0v) is 17.1. The number of hydrogen-bond donors (Lipinski definition) is 2. The van der Waals surface area contributed by atoms with E-state index in [1.807, 2.05) is 11.9 Å². The number of phenols is 1. The number of phenolic OH excluding ortho intramolecular Hbond substituents is 1. The van der Waals surface area contributed by atoms with Gasteiger partial charge in [0.1, 0.15) is 17.7 Å². The van der Waals surface area contributed by atoms with Crippen molar-refractivity contribution < 1.29 is 18.7 Å². The van der Waals surface area contributed by atoms with Gasteiger partial charge in [-0.1, -0.05) is 0 Å². The smallest absolute Gasteiger partial charge is 0.254 e. The van der Waals surface area contributed by atoms with Gasteiger partial charge >= 0.3 is 0 Å². The molecule has 0 spiro atoms. The Morgan fingerprint density at radius 3 is 2.73 bits per heavy atom. The minimum Gasteiger partial charge on any atom is -0.507 e. The highest BCUT2D eigenvalue weighted by Gasteiger charge is 2.47. The summed E-state index contributed by atoms with van der Waals surface area (Å²) in [5.74, 6) is -1.17. The number of amides is 1. The number of carbonyl (C=O) groups excluding carboxylic acids is 1. The van der Waals surface area contributed by atoms with Crippen LogP contribution in [0.15, 0.2) is 24.3 Å². The van der Waals surface area contributed by atoms with E-state index in [1.54, 1.807) is 19.2 Å². The molecule has 0 aliphatic carbocycles. The molecule has 1 aromatic heterocycles. The summed E-state index contributed by atoms with van der Waals surface area (Å²) in [5, 5.41) is 20.8. The van der Waals surface area contributed by atoms with E-state index in [4.69, 9.17) is 0 Å². The third-order valence-electron chi connectivity index (χ3n) is 6.49. The van der Waals surface area contributed by atoms with Crippen molar-refractivity contribution in [3.63, 3.8) is 0 Å². The molecule has 2 N–H and O–H groups in total. The Hall–Kier alpha value is -2.81. The van der Waals surface area contributed by atoms with Gasteiger partial charge in [0, 0.05) is 31.7 Å². The van der Waals surface area contributed by atoms with Gasteiger partial charge in [0.15, 0.2) is 5.82 Å². The number of carbonyl (C=O) groups is 1. The van der Waals surface area contributed by atoms with Gasteiger partial charge in [0.25, 0.3) is 5.91 Å². The van der Waals surface area contributed by atoms with Crippen molar-refractivity contribution in [2.75, 3.05) is 26.0 Å². The zero-order valence-electron chi connectivity index (χ0n) is 17.1.